The van der Waals surface area contributed by atoms with Gasteiger partial charge in [0.2, 0.25) is 0 Å². The number of anilines is 1. The summed E-state index contributed by atoms with van der Waals surface area (Å²) in [6, 6.07) is 7.01. The fourth-order valence-corrected chi connectivity index (χ4v) is 2.95. The van der Waals surface area contributed by atoms with Gasteiger partial charge in [-0.1, -0.05) is 41.7 Å². The Morgan fingerprint density at radius 3 is 2.67 bits per heavy atom. The molecule has 1 N–H and O–H groups in total. The lowest BCUT2D eigenvalue weighted by molar-refractivity contribution is -0.115. The predicted octanol–water partition coefficient (Wildman–Crippen LogP) is 4.50. The second-order valence-corrected chi connectivity index (χ2v) is 8.51. The standard InChI is InChI=1S/C17H23Cl3N2O2/c1-13-4-2-9-22(12-13)10-3-11-24-15-7-5-14(6-8-15)21-16(23)17(18,19)20/h5-8,13H,2-4,9-12H2,1H3,(H,21,23). The Kier molecular flexibility index (Phi) is 7.48. The highest BCUT2D eigenvalue weighted by molar-refractivity contribution is 6.76. The lowest BCUT2D eigenvalue weighted by Gasteiger charge is -2.30. The largest absolute Gasteiger partial charge is 0.494 e. The van der Waals surface area contributed by atoms with Gasteiger partial charge in [0.15, 0.2) is 0 Å². The number of alkyl halides is 3. The van der Waals surface area contributed by atoms with E-state index in [-0.39, 0.29) is 0 Å². The number of amides is 1. The number of nitrogens with zero attached hydrogens (tertiary/aromatic N) is 1. The molecule has 1 saturated heterocycles. The van der Waals surface area contributed by atoms with E-state index in [0.717, 1.165) is 24.6 Å². The predicted molar refractivity (Wildman–Crippen MR) is 100 cm³/mol. The normalized spacial score (nSPS) is 19.1. The second kappa shape index (κ2) is 9.14. The number of hydrogen-bond donors (Lipinski definition) is 1. The summed E-state index contributed by atoms with van der Waals surface area (Å²) in [4.78, 5) is 14.1. The number of likely N-dealkylation sites (tertiary alicyclic amines) is 1. The van der Waals surface area contributed by atoms with E-state index in [1.54, 1.807) is 24.3 Å². The van der Waals surface area contributed by atoms with E-state index in [2.05, 4.69) is 17.1 Å². The van der Waals surface area contributed by atoms with Gasteiger partial charge in [-0.2, -0.15) is 0 Å². The van der Waals surface area contributed by atoms with E-state index >= 15 is 0 Å². The summed E-state index contributed by atoms with van der Waals surface area (Å²) < 4.78 is 3.76. The van der Waals surface area contributed by atoms with E-state index in [4.69, 9.17) is 39.5 Å². The number of ether oxygens (including phenoxy) is 1. The topological polar surface area (TPSA) is 41.6 Å². The van der Waals surface area contributed by atoms with Crippen molar-refractivity contribution >= 4 is 46.4 Å². The van der Waals surface area contributed by atoms with Gasteiger partial charge in [0.1, 0.15) is 5.75 Å². The van der Waals surface area contributed by atoms with E-state index in [0.29, 0.717) is 12.3 Å². The summed E-state index contributed by atoms with van der Waals surface area (Å²) >= 11 is 16.5. The minimum absolute atomic E-state index is 0.556. The van der Waals surface area contributed by atoms with E-state index in [9.17, 15) is 4.79 Å². The number of halogens is 3. The Morgan fingerprint density at radius 2 is 2.04 bits per heavy atom. The van der Waals surface area contributed by atoms with Crippen molar-refractivity contribution in [2.75, 3.05) is 31.6 Å². The number of nitrogens with one attached hydrogen (secondary N) is 1. The third-order valence-electron chi connectivity index (χ3n) is 4.00. The van der Waals surface area contributed by atoms with Crippen LogP contribution in [-0.4, -0.2) is 40.8 Å². The second-order valence-electron chi connectivity index (χ2n) is 6.23. The molecule has 24 heavy (non-hydrogen) atoms. The zero-order valence-electron chi connectivity index (χ0n) is 13.7. The maximum absolute atomic E-state index is 11.6. The van der Waals surface area contributed by atoms with Crippen molar-refractivity contribution in [3.05, 3.63) is 24.3 Å². The van der Waals surface area contributed by atoms with E-state index < -0.39 is 9.70 Å². The maximum Gasteiger partial charge on any atom is 0.276 e. The average molecular weight is 394 g/mol. The molecule has 1 atom stereocenters. The van der Waals surface area contributed by atoms with Gasteiger partial charge in [-0.05, 0) is 56.0 Å². The van der Waals surface area contributed by atoms with Crippen molar-refractivity contribution in [3.8, 4) is 5.75 Å². The Labute approximate surface area is 158 Å². The Bertz CT molecular complexity index is 532. The van der Waals surface area contributed by atoms with Crippen molar-refractivity contribution in [3.63, 3.8) is 0 Å². The van der Waals surface area contributed by atoms with Crippen LogP contribution in [0.2, 0.25) is 0 Å². The summed E-state index contributed by atoms with van der Waals surface area (Å²) in [5.74, 6) is 0.876. The molecule has 1 fully saturated rings. The molecule has 1 aliphatic rings. The van der Waals surface area contributed by atoms with Gasteiger partial charge in [-0.3, -0.25) is 4.79 Å². The van der Waals surface area contributed by atoms with Gasteiger partial charge in [0.25, 0.3) is 9.70 Å². The smallest absolute Gasteiger partial charge is 0.276 e. The van der Waals surface area contributed by atoms with Crippen molar-refractivity contribution < 1.29 is 9.53 Å². The molecule has 7 heteroatoms. The molecule has 1 amide bonds. The Morgan fingerprint density at radius 1 is 1.33 bits per heavy atom. The molecule has 1 aromatic carbocycles. The Hall–Kier alpha value is -0.680. The van der Waals surface area contributed by atoms with E-state index in [1.165, 1.54) is 25.9 Å². The highest BCUT2D eigenvalue weighted by Crippen LogP contribution is 2.28. The maximum atomic E-state index is 11.6. The van der Waals surface area contributed by atoms with Gasteiger partial charge in [-0.25, -0.2) is 0 Å². The third kappa shape index (κ3) is 6.67. The van der Waals surface area contributed by atoms with Crippen molar-refractivity contribution in [2.45, 2.75) is 30.0 Å². The van der Waals surface area contributed by atoms with Crippen molar-refractivity contribution in [1.29, 1.82) is 0 Å². The van der Waals surface area contributed by atoms with Crippen LogP contribution in [0.25, 0.3) is 0 Å². The van der Waals surface area contributed by atoms with E-state index in [1.807, 2.05) is 0 Å². The van der Waals surface area contributed by atoms with Crippen LogP contribution in [0.4, 0.5) is 5.69 Å². The molecule has 0 spiro atoms. The lowest BCUT2D eigenvalue weighted by atomic mass is 10.0. The number of benzene rings is 1. The van der Waals surface area contributed by atoms with Crippen molar-refractivity contribution in [1.82, 2.24) is 4.90 Å². The van der Waals surface area contributed by atoms with Crippen LogP contribution < -0.4 is 10.1 Å². The zero-order valence-corrected chi connectivity index (χ0v) is 16.0. The Balaban J connectivity index is 1.69. The number of carbonyl (C=O) groups is 1. The molecule has 1 aliphatic heterocycles. The first-order chi connectivity index (χ1) is 11.3. The molecule has 0 radical (unpaired) electrons. The summed E-state index contributed by atoms with van der Waals surface area (Å²) in [5, 5.41) is 2.53. The van der Waals surface area contributed by atoms with Crippen LogP contribution in [-0.2, 0) is 4.79 Å². The number of hydrogen-bond acceptors (Lipinski definition) is 3. The van der Waals surface area contributed by atoms with Crippen molar-refractivity contribution in [2.24, 2.45) is 5.92 Å². The number of rotatable bonds is 6. The molecule has 1 aromatic rings. The minimum Gasteiger partial charge on any atom is -0.494 e. The summed E-state index contributed by atoms with van der Waals surface area (Å²) in [6.07, 6.45) is 3.63. The molecule has 1 heterocycles. The SMILES string of the molecule is CC1CCCN(CCCOc2ccc(NC(=O)C(Cl)(Cl)Cl)cc2)C1. The molecule has 0 bridgehead atoms. The highest BCUT2D eigenvalue weighted by atomic mass is 35.6. The van der Waals surface area contributed by atoms with Crippen LogP contribution in [0.5, 0.6) is 5.75 Å². The zero-order chi connectivity index (χ0) is 17.6. The summed E-state index contributed by atoms with van der Waals surface area (Å²) in [6.45, 7) is 6.44. The quantitative estimate of drug-likeness (QED) is 0.571. The molecular formula is C17H23Cl3N2O2. The summed E-state index contributed by atoms with van der Waals surface area (Å²) in [5.41, 5.74) is 0.556. The van der Waals surface area contributed by atoms with Crippen LogP contribution in [0, 0.1) is 5.92 Å². The molecule has 0 aliphatic carbocycles. The fraction of sp³-hybridized carbons (Fsp3) is 0.588. The molecule has 4 nitrogen and oxygen atoms in total. The fourth-order valence-electron chi connectivity index (χ4n) is 2.80. The molecular weight excluding hydrogens is 371 g/mol. The monoisotopic (exact) mass is 392 g/mol. The van der Waals surface area contributed by atoms with Crippen LogP contribution in [0.1, 0.15) is 26.2 Å². The van der Waals surface area contributed by atoms with Gasteiger partial charge < -0.3 is 15.0 Å². The first kappa shape index (κ1) is 19.6. The van der Waals surface area contributed by atoms with Crippen LogP contribution >= 0.6 is 34.8 Å². The third-order valence-corrected chi connectivity index (χ3v) is 4.51. The van der Waals surface area contributed by atoms with Crippen LogP contribution in [0.3, 0.4) is 0 Å². The summed E-state index contributed by atoms with van der Waals surface area (Å²) in [7, 11) is 0. The highest BCUT2D eigenvalue weighted by Gasteiger charge is 2.30. The molecule has 0 aromatic heterocycles. The molecule has 0 saturated carbocycles. The average Bonchev–Trinajstić information content (AvgIpc) is 2.52. The molecule has 1 unspecified atom stereocenters. The number of piperidine rings is 1. The molecule has 2 rings (SSSR count). The lowest BCUT2D eigenvalue weighted by Crippen LogP contribution is -2.35. The number of carbonyl (C=O) groups excluding carboxylic acids is 1. The van der Waals surface area contributed by atoms with Gasteiger partial charge in [0, 0.05) is 18.8 Å². The first-order valence-electron chi connectivity index (χ1n) is 8.18. The molecule has 134 valence electrons. The van der Waals surface area contributed by atoms with Gasteiger partial charge in [0.05, 0.1) is 6.61 Å². The minimum atomic E-state index is -1.97. The first-order valence-corrected chi connectivity index (χ1v) is 9.31. The van der Waals surface area contributed by atoms with Gasteiger partial charge >= 0.3 is 0 Å². The van der Waals surface area contributed by atoms with Gasteiger partial charge in [-0.15, -0.1) is 0 Å². The van der Waals surface area contributed by atoms with Crippen LogP contribution in [0.15, 0.2) is 24.3 Å².